The molecule has 0 saturated heterocycles. The summed E-state index contributed by atoms with van der Waals surface area (Å²) in [5.74, 6) is 1.16. The van der Waals surface area contributed by atoms with Gasteiger partial charge in [-0.3, -0.25) is 9.78 Å². The number of hydrogen-bond donors (Lipinski definition) is 1. The summed E-state index contributed by atoms with van der Waals surface area (Å²) >= 11 is 1.40. The Morgan fingerprint density at radius 2 is 2.05 bits per heavy atom. The van der Waals surface area contributed by atoms with E-state index in [1.807, 2.05) is 30.5 Å². The molecule has 0 unspecified atom stereocenters. The summed E-state index contributed by atoms with van der Waals surface area (Å²) in [7, 11) is 0. The Morgan fingerprint density at radius 1 is 1.30 bits per heavy atom. The van der Waals surface area contributed by atoms with Gasteiger partial charge in [0.1, 0.15) is 0 Å². The monoisotopic (exact) mass is 291 g/mol. The smallest absolute Gasteiger partial charge is 0.230 e. The molecule has 0 spiro atoms. The van der Waals surface area contributed by atoms with Crippen LogP contribution in [0, 0.1) is 0 Å². The van der Waals surface area contributed by atoms with Crippen LogP contribution in [0.25, 0.3) is 11.4 Å². The van der Waals surface area contributed by atoms with Crippen LogP contribution in [-0.2, 0) is 11.3 Å². The molecule has 2 heterocycles. The van der Waals surface area contributed by atoms with Crippen LogP contribution in [0.1, 0.15) is 13.8 Å². The maximum Gasteiger partial charge on any atom is 0.230 e. The number of carbonyl (C=O) groups is 1. The average Bonchev–Trinajstić information content (AvgIpc) is 2.89. The van der Waals surface area contributed by atoms with Gasteiger partial charge >= 0.3 is 0 Å². The normalized spacial score (nSPS) is 10.5. The van der Waals surface area contributed by atoms with Gasteiger partial charge in [0.25, 0.3) is 0 Å². The van der Waals surface area contributed by atoms with Crippen LogP contribution in [0.4, 0.5) is 0 Å². The lowest BCUT2D eigenvalue weighted by atomic mass is 10.2. The summed E-state index contributed by atoms with van der Waals surface area (Å²) in [6, 6.07) is 3.79. The molecule has 0 radical (unpaired) electrons. The summed E-state index contributed by atoms with van der Waals surface area (Å²) in [6.45, 7) is 5.33. The molecule has 0 aromatic carbocycles. The number of rotatable bonds is 6. The second kappa shape index (κ2) is 7.04. The van der Waals surface area contributed by atoms with Crippen LogP contribution < -0.4 is 5.32 Å². The molecule has 2 aromatic rings. The van der Waals surface area contributed by atoms with Crippen molar-refractivity contribution in [1.82, 2.24) is 25.1 Å². The van der Waals surface area contributed by atoms with Gasteiger partial charge in [-0.25, -0.2) is 0 Å². The maximum atomic E-state index is 11.5. The third kappa shape index (κ3) is 3.36. The van der Waals surface area contributed by atoms with E-state index in [1.54, 1.807) is 12.4 Å². The minimum Gasteiger partial charge on any atom is -0.356 e. The predicted octanol–water partition coefficient (Wildman–Crippen LogP) is 1.59. The Hall–Kier alpha value is -1.89. The van der Waals surface area contributed by atoms with E-state index in [0.717, 1.165) is 23.1 Å². The van der Waals surface area contributed by atoms with Crippen LogP contribution in [0.2, 0.25) is 0 Å². The van der Waals surface area contributed by atoms with Gasteiger partial charge in [-0.15, -0.1) is 10.2 Å². The summed E-state index contributed by atoms with van der Waals surface area (Å²) < 4.78 is 2.00. The van der Waals surface area contributed by atoms with Crippen LogP contribution in [0.5, 0.6) is 0 Å². The first-order valence-corrected chi connectivity index (χ1v) is 7.47. The fourth-order valence-electron chi connectivity index (χ4n) is 1.77. The van der Waals surface area contributed by atoms with Gasteiger partial charge in [0.15, 0.2) is 11.0 Å². The zero-order valence-corrected chi connectivity index (χ0v) is 12.4. The lowest BCUT2D eigenvalue weighted by Gasteiger charge is -2.07. The highest BCUT2D eigenvalue weighted by Crippen LogP contribution is 2.23. The quantitative estimate of drug-likeness (QED) is 0.818. The summed E-state index contributed by atoms with van der Waals surface area (Å²) in [4.78, 5) is 15.5. The average molecular weight is 291 g/mol. The second-order valence-electron chi connectivity index (χ2n) is 4.03. The van der Waals surface area contributed by atoms with Crippen LogP contribution in [0.3, 0.4) is 0 Å². The molecule has 0 fully saturated rings. The first-order chi connectivity index (χ1) is 9.76. The highest BCUT2D eigenvalue weighted by atomic mass is 32.2. The van der Waals surface area contributed by atoms with Gasteiger partial charge in [-0.2, -0.15) is 0 Å². The minimum absolute atomic E-state index is 0.00798. The van der Waals surface area contributed by atoms with Crippen LogP contribution in [-0.4, -0.2) is 38.0 Å². The molecule has 20 heavy (non-hydrogen) atoms. The SMILES string of the molecule is CCNC(=O)CSc1nnc(-c2ccncc2)n1CC. The standard InChI is InChI=1S/C13H17N5OS/c1-3-15-11(19)9-20-13-17-16-12(18(13)4-2)10-5-7-14-8-6-10/h5-8H,3-4,9H2,1-2H3,(H,15,19). The first-order valence-electron chi connectivity index (χ1n) is 6.49. The zero-order valence-electron chi connectivity index (χ0n) is 11.5. The van der Waals surface area contributed by atoms with E-state index in [4.69, 9.17) is 0 Å². The Bertz CT molecular complexity index is 569. The topological polar surface area (TPSA) is 72.7 Å². The van der Waals surface area contributed by atoms with Crippen LogP contribution >= 0.6 is 11.8 Å². The molecule has 0 bridgehead atoms. The maximum absolute atomic E-state index is 11.5. The summed E-state index contributed by atoms with van der Waals surface area (Å²) in [6.07, 6.45) is 3.46. The van der Waals surface area contributed by atoms with Crippen molar-refractivity contribution in [3.8, 4) is 11.4 Å². The third-order valence-electron chi connectivity index (χ3n) is 2.68. The van der Waals surface area contributed by atoms with Crippen molar-refractivity contribution in [2.75, 3.05) is 12.3 Å². The minimum atomic E-state index is 0.00798. The Balaban J connectivity index is 2.16. The first kappa shape index (κ1) is 14.5. The van der Waals surface area contributed by atoms with Crippen molar-refractivity contribution >= 4 is 17.7 Å². The molecule has 1 amide bonds. The Labute approximate surface area is 122 Å². The highest BCUT2D eigenvalue weighted by molar-refractivity contribution is 7.99. The molecule has 2 rings (SSSR count). The van der Waals surface area contributed by atoms with E-state index in [1.165, 1.54) is 11.8 Å². The van der Waals surface area contributed by atoms with Gasteiger partial charge in [-0.1, -0.05) is 11.8 Å². The number of amides is 1. The number of carbonyl (C=O) groups excluding carboxylic acids is 1. The van der Waals surface area contributed by atoms with Gasteiger partial charge in [0, 0.05) is 31.0 Å². The van der Waals surface area contributed by atoms with Crippen molar-refractivity contribution < 1.29 is 4.79 Å². The highest BCUT2D eigenvalue weighted by Gasteiger charge is 2.14. The fraction of sp³-hybridized carbons (Fsp3) is 0.385. The summed E-state index contributed by atoms with van der Waals surface area (Å²) in [5, 5.41) is 11.9. The molecule has 6 nitrogen and oxygen atoms in total. The molecule has 0 aliphatic rings. The number of thioether (sulfide) groups is 1. The third-order valence-corrected chi connectivity index (χ3v) is 3.64. The summed E-state index contributed by atoms with van der Waals surface area (Å²) in [5.41, 5.74) is 0.971. The molecule has 0 aliphatic carbocycles. The van der Waals surface area contributed by atoms with Gasteiger partial charge in [0.05, 0.1) is 5.75 Å². The fourth-order valence-corrected chi connectivity index (χ4v) is 2.61. The predicted molar refractivity (Wildman–Crippen MR) is 78.3 cm³/mol. The van der Waals surface area contributed by atoms with Crippen molar-refractivity contribution in [1.29, 1.82) is 0 Å². The lowest BCUT2D eigenvalue weighted by molar-refractivity contribution is -0.118. The number of pyridine rings is 1. The molecule has 7 heteroatoms. The molecule has 0 saturated carbocycles. The van der Waals surface area contributed by atoms with Gasteiger partial charge in [0.2, 0.25) is 5.91 Å². The Morgan fingerprint density at radius 3 is 2.70 bits per heavy atom. The zero-order chi connectivity index (χ0) is 14.4. The number of nitrogens with zero attached hydrogens (tertiary/aromatic N) is 4. The van der Waals surface area contributed by atoms with Crippen molar-refractivity contribution in [3.63, 3.8) is 0 Å². The molecule has 0 aliphatic heterocycles. The lowest BCUT2D eigenvalue weighted by Crippen LogP contribution is -2.24. The van der Waals surface area contributed by atoms with Crippen LogP contribution in [0.15, 0.2) is 29.7 Å². The van der Waals surface area contributed by atoms with E-state index in [0.29, 0.717) is 12.3 Å². The number of nitrogens with one attached hydrogen (secondary N) is 1. The molecule has 106 valence electrons. The van der Waals surface area contributed by atoms with E-state index in [2.05, 4.69) is 20.5 Å². The van der Waals surface area contributed by atoms with E-state index in [9.17, 15) is 4.79 Å². The van der Waals surface area contributed by atoms with Crippen molar-refractivity contribution in [2.24, 2.45) is 0 Å². The van der Waals surface area contributed by atoms with Gasteiger partial charge in [-0.05, 0) is 26.0 Å². The molecular formula is C13H17N5OS. The van der Waals surface area contributed by atoms with Crippen molar-refractivity contribution in [3.05, 3.63) is 24.5 Å². The molecule has 2 aromatic heterocycles. The Kier molecular flexibility index (Phi) is 5.11. The van der Waals surface area contributed by atoms with E-state index < -0.39 is 0 Å². The van der Waals surface area contributed by atoms with E-state index >= 15 is 0 Å². The molecular weight excluding hydrogens is 274 g/mol. The molecule has 0 atom stereocenters. The largest absolute Gasteiger partial charge is 0.356 e. The van der Waals surface area contributed by atoms with E-state index in [-0.39, 0.29) is 5.91 Å². The van der Waals surface area contributed by atoms with Crippen molar-refractivity contribution in [2.45, 2.75) is 25.5 Å². The number of aromatic nitrogens is 4. The second-order valence-corrected chi connectivity index (χ2v) is 4.97. The van der Waals surface area contributed by atoms with Gasteiger partial charge < -0.3 is 9.88 Å². The number of hydrogen-bond acceptors (Lipinski definition) is 5. The molecule has 1 N–H and O–H groups in total.